The summed E-state index contributed by atoms with van der Waals surface area (Å²) in [6.45, 7) is 9.77. The fraction of sp³-hybridized carbons (Fsp3) is 0.529. The van der Waals surface area contributed by atoms with Gasteiger partial charge in [-0.2, -0.15) is 0 Å². The fourth-order valence-corrected chi connectivity index (χ4v) is 3.24. The van der Waals surface area contributed by atoms with Crippen LogP contribution in [0, 0.1) is 6.92 Å². The molecule has 2 rings (SSSR count). The zero-order valence-electron chi connectivity index (χ0n) is 13.8. The standard InChI is InChI=1S/C17H24BrN3O/c1-5-8-9-20(7-3)17(22)15-14(6-2)19-16-12(4)10-13(18)11-21(15)16/h10-11H,5-9H2,1-4H3. The molecule has 0 aliphatic heterocycles. The molecule has 0 aliphatic rings. The second kappa shape index (κ2) is 7.27. The van der Waals surface area contributed by atoms with Gasteiger partial charge < -0.3 is 4.90 Å². The molecule has 0 atom stereocenters. The predicted molar refractivity (Wildman–Crippen MR) is 93.5 cm³/mol. The normalized spacial score (nSPS) is 11.1. The molecule has 0 aromatic carbocycles. The first kappa shape index (κ1) is 17.0. The summed E-state index contributed by atoms with van der Waals surface area (Å²) < 4.78 is 2.90. The number of aromatic nitrogens is 2. The van der Waals surface area contributed by atoms with Crippen LogP contribution in [0.4, 0.5) is 0 Å². The molecular weight excluding hydrogens is 342 g/mol. The van der Waals surface area contributed by atoms with E-state index in [2.05, 4.69) is 27.8 Å². The molecule has 2 aromatic rings. The molecule has 2 aromatic heterocycles. The lowest BCUT2D eigenvalue weighted by Gasteiger charge is -2.21. The molecule has 0 radical (unpaired) electrons. The highest BCUT2D eigenvalue weighted by atomic mass is 79.9. The number of carbonyl (C=O) groups is 1. The number of imidazole rings is 1. The molecule has 5 heteroatoms. The van der Waals surface area contributed by atoms with Crippen molar-refractivity contribution in [1.29, 1.82) is 0 Å². The molecule has 1 amide bonds. The van der Waals surface area contributed by atoms with Gasteiger partial charge in [0.2, 0.25) is 0 Å². The summed E-state index contributed by atoms with van der Waals surface area (Å²) in [6.07, 6.45) is 4.81. The lowest BCUT2D eigenvalue weighted by molar-refractivity contribution is 0.0754. The van der Waals surface area contributed by atoms with Crippen molar-refractivity contribution in [1.82, 2.24) is 14.3 Å². The molecule has 0 N–H and O–H groups in total. The van der Waals surface area contributed by atoms with Crippen LogP contribution in [0.25, 0.3) is 5.65 Å². The van der Waals surface area contributed by atoms with Crippen molar-refractivity contribution in [3.8, 4) is 0 Å². The molecule has 0 fully saturated rings. The molecule has 0 bridgehead atoms. The van der Waals surface area contributed by atoms with Crippen molar-refractivity contribution in [3.63, 3.8) is 0 Å². The number of nitrogens with zero attached hydrogens (tertiary/aromatic N) is 3. The maximum atomic E-state index is 13.0. The van der Waals surface area contributed by atoms with Crippen LogP contribution < -0.4 is 0 Å². The molecule has 0 saturated heterocycles. The zero-order chi connectivity index (χ0) is 16.3. The van der Waals surface area contributed by atoms with Crippen LogP contribution in [0.2, 0.25) is 0 Å². The van der Waals surface area contributed by atoms with Crippen molar-refractivity contribution in [3.05, 3.63) is 33.7 Å². The van der Waals surface area contributed by atoms with Gasteiger partial charge in [-0.3, -0.25) is 9.20 Å². The van der Waals surface area contributed by atoms with Crippen LogP contribution in [-0.2, 0) is 6.42 Å². The third kappa shape index (κ3) is 3.19. The number of halogens is 1. The molecule has 4 nitrogen and oxygen atoms in total. The minimum Gasteiger partial charge on any atom is -0.338 e. The Hall–Kier alpha value is -1.36. The number of fused-ring (bicyclic) bond motifs is 1. The van der Waals surface area contributed by atoms with E-state index >= 15 is 0 Å². The average molecular weight is 366 g/mol. The first-order valence-electron chi connectivity index (χ1n) is 7.99. The number of hydrogen-bond donors (Lipinski definition) is 0. The van der Waals surface area contributed by atoms with Crippen LogP contribution in [0.15, 0.2) is 16.7 Å². The first-order chi connectivity index (χ1) is 10.5. The molecule has 0 saturated carbocycles. The topological polar surface area (TPSA) is 37.6 Å². The molecule has 120 valence electrons. The molecule has 0 aliphatic carbocycles. The smallest absolute Gasteiger partial charge is 0.272 e. The van der Waals surface area contributed by atoms with Crippen LogP contribution in [-0.4, -0.2) is 33.3 Å². The summed E-state index contributed by atoms with van der Waals surface area (Å²) in [6, 6.07) is 2.03. The molecular formula is C17H24BrN3O. The Morgan fingerprint density at radius 1 is 1.36 bits per heavy atom. The van der Waals surface area contributed by atoms with E-state index in [0.29, 0.717) is 5.69 Å². The van der Waals surface area contributed by atoms with Crippen molar-refractivity contribution in [2.45, 2.75) is 47.0 Å². The first-order valence-corrected chi connectivity index (χ1v) is 8.79. The molecule has 0 unspecified atom stereocenters. The third-order valence-electron chi connectivity index (χ3n) is 3.93. The highest BCUT2D eigenvalue weighted by Gasteiger charge is 2.23. The summed E-state index contributed by atoms with van der Waals surface area (Å²) in [5.74, 6) is 0.0813. The van der Waals surface area contributed by atoms with Gasteiger partial charge >= 0.3 is 0 Å². The van der Waals surface area contributed by atoms with Crippen LogP contribution in [0.3, 0.4) is 0 Å². The number of hydrogen-bond acceptors (Lipinski definition) is 2. The van der Waals surface area contributed by atoms with Gasteiger partial charge in [-0.25, -0.2) is 4.98 Å². The maximum Gasteiger partial charge on any atom is 0.272 e. The SMILES string of the molecule is CCCCN(CC)C(=O)c1c(CC)nc2c(C)cc(Br)cn12. The second-order valence-electron chi connectivity index (χ2n) is 5.53. The lowest BCUT2D eigenvalue weighted by Crippen LogP contribution is -2.33. The van der Waals surface area contributed by atoms with Crippen LogP contribution >= 0.6 is 15.9 Å². The monoisotopic (exact) mass is 365 g/mol. The summed E-state index contributed by atoms with van der Waals surface area (Å²) in [5, 5.41) is 0. The number of pyridine rings is 1. The van der Waals surface area contributed by atoms with Crippen molar-refractivity contribution in [2.24, 2.45) is 0 Å². The summed E-state index contributed by atoms with van der Waals surface area (Å²) in [5.41, 5.74) is 3.52. The Morgan fingerprint density at radius 3 is 2.68 bits per heavy atom. The van der Waals surface area contributed by atoms with Crippen molar-refractivity contribution >= 4 is 27.5 Å². The van der Waals surface area contributed by atoms with Gasteiger partial charge in [-0.05, 0) is 54.2 Å². The number of amides is 1. The molecule has 2 heterocycles. The van der Waals surface area contributed by atoms with E-state index in [0.717, 1.165) is 53.7 Å². The van der Waals surface area contributed by atoms with Crippen LogP contribution in [0.1, 0.15) is 55.4 Å². The highest BCUT2D eigenvalue weighted by molar-refractivity contribution is 9.10. The Labute approximate surface area is 140 Å². The van der Waals surface area contributed by atoms with Gasteiger partial charge in [0, 0.05) is 23.8 Å². The predicted octanol–water partition coefficient (Wildman–Crippen LogP) is 4.23. The van der Waals surface area contributed by atoms with E-state index in [-0.39, 0.29) is 5.91 Å². The fourth-order valence-electron chi connectivity index (χ4n) is 2.69. The second-order valence-corrected chi connectivity index (χ2v) is 6.45. The zero-order valence-corrected chi connectivity index (χ0v) is 15.4. The van der Waals surface area contributed by atoms with Gasteiger partial charge in [0.1, 0.15) is 11.3 Å². The maximum absolute atomic E-state index is 13.0. The van der Waals surface area contributed by atoms with Gasteiger partial charge in [0.25, 0.3) is 5.91 Å². The van der Waals surface area contributed by atoms with Gasteiger partial charge in [0.15, 0.2) is 0 Å². The third-order valence-corrected chi connectivity index (χ3v) is 4.36. The van der Waals surface area contributed by atoms with Gasteiger partial charge in [-0.1, -0.05) is 20.3 Å². The van der Waals surface area contributed by atoms with Crippen molar-refractivity contribution in [2.75, 3.05) is 13.1 Å². The van der Waals surface area contributed by atoms with E-state index in [1.807, 2.05) is 42.3 Å². The molecule has 22 heavy (non-hydrogen) atoms. The Bertz CT molecular complexity index is 678. The number of aryl methyl sites for hydroxylation is 2. The quantitative estimate of drug-likeness (QED) is 0.767. The van der Waals surface area contributed by atoms with E-state index in [4.69, 9.17) is 0 Å². The summed E-state index contributed by atoms with van der Waals surface area (Å²) in [7, 11) is 0. The highest BCUT2D eigenvalue weighted by Crippen LogP contribution is 2.22. The Kier molecular flexibility index (Phi) is 5.62. The minimum absolute atomic E-state index is 0.0813. The number of rotatable bonds is 6. The van der Waals surface area contributed by atoms with Crippen LogP contribution in [0.5, 0.6) is 0 Å². The van der Waals surface area contributed by atoms with Crippen molar-refractivity contribution < 1.29 is 4.79 Å². The number of unbranched alkanes of at least 4 members (excludes halogenated alkanes) is 1. The largest absolute Gasteiger partial charge is 0.338 e. The van der Waals surface area contributed by atoms with E-state index in [9.17, 15) is 4.79 Å². The Morgan fingerprint density at radius 2 is 2.09 bits per heavy atom. The van der Waals surface area contributed by atoms with Gasteiger partial charge in [0.05, 0.1) is 5.69 Å². The Balaban J connectivity index is 2.55. The van der Waals surface area contributed by atoms with Gasteiger partial charge in [-0.15, -0.1) is 0 Å². The minimum atomic E-state index is 0.0813. The lowest BCUT2D eigenvalue weighted by atomic mass is 10.2. The molecule has 0 spiro atoms. The summed E-state index contributed by atoms with van der Waals surface area (Å²) >= 11 is 3.52. The van der Waals surface area contributed by atoms with E-state index in [1.165, 1.54) is 0 Å². The summed E-state index contributed by atoms with van der Waals surface area (Å²) in [4.78, 5) is 19.6. The van der Waals surface area contributed by atoms with E-state index in [1.54, 1.807) is 0 Å². The van der Waals surface area contributed by atoms with E-state index < -0.39 is 0 Å². The average Bonchev–Trinajstić information content (AvgIpc) is 2.86. The number of carbonyl (C=O) groups excluding carboxylic acids is 1.